The lowest BCUT2D eigenvalue weighted by molar-refractivity contribution is -0.120. The van der Waals surface area contributed by atoms with E-state index in [0.717, 1.165) is 48.6 Å². The number of piperidine rings is 1. The first-order valence-electron chi connectivity index (χ1n) is 9.57. The van der Waals surface area contributed by atoms with E-state index in [1.807, 2.05) is 61.5 Å². The first-order valence-corrected chi connectivity index (χ1v) is 9.57. The van der Waals surface area contributed by atoms with E-state index in [0.29, 0.717) is 5.82 Å². The average Bonchev–Trinajstić information content (AvgIpc) is 2.75. The Morgan fingerprint density at radius 1 is 1.04 bits per heavy atom. The van der Waals surface area contributed by atoms with Crippen LogP contribution >= 0.6 is 0 Å². The molecule has 1 saturated heterocycles. The van der Waals surface area contributed by atoms with Crippen LogP contribution in [0.3, 0.4) is 0 Å². The molecule has 0 spiro atoms. The molecular formula is C22H23N5O. The standard InChI is InChI=1S/C22H23N5O/c1-16-9-12-23-20(15-16)24-22(28)18-10-13-27(14-11-18)21-8-7-19(25-26-21)17-5-3-2-4-6-17/h2-9,12,15,18H,10-11,13-14H2,1H3,(H,23,24,28). The molecule has 4 rings (SSSR count). The molecule has 0 bridgehead atoms. The Morgan fingerprint density at radius 3 is 2.50 bits per heavy atom. The number of nitrogens with zero attached hydrogens (tertiary/aromatic N) is 4. The molecule has 2 aromatic heterocycles. The van der Waals surface area contributed by atoms with Crippen molar-refractivity contribution in [2.24, 2.45) is 5.92 Å². The smallest absolute Gasteiger partial charge is 0.228 e. The Morgan fingerprint density at radius 2 is 1.82 bits per heavy atom. The molecule has 1 fully saturated rings. The SMILES string of the molecule is Cc1ccnc(NC(=O)C2CCN(c3ccc(-c4ccccc4)nn3)CC2)c1. The summed E-state index contributed by atoms with van der Waals surface area (Å²) in [6.07, 6.45) is 3.30. The Kier molecular flexibility index (Phi) is 5.28. The molecule has 0 unspecified atom stereocenters. The van der Waals surface area contributed by atoms with Gasteiger partial charge in [0.05, 0.1) is 5.69 Å². The minimum Gasteiger partial charge on any atom is -0.355 e. The number of pyridine rings is 1. The van der Waals surface area contributed by atoms with Gasteiger partial charge in [-0.05, 0) is 49.6 Å². The zero-order chi connectivity index (χ0) is 19.3. The fourth-order valence-electron chi connectivity index (χ4n) is 3.46. The number of carbonyl (C=O) groups is 1. The highest BCUT2D eigenvalue weighted by Gasteiger charge is 2.26. The first-order chi connectivity index (χ1) is 13.7. The summed E-state index contributed by atoms with van der Waals surface area (Å²) in [5, 5.41) is 11.7. The summed E-state index contributed by atoms with van der Waals surface area (Å²) in [6, 6.07) is 17.8. The van der Waals surface area contributed by atoms with Gasteiger partial charge in [-0.1, -0.05) is 30.3 Å². The van der Waals surface area contributed by atoms with Gasteiger partial charge in [0, 0.05) is 30.8 Å². The molecule has 0 aliphatic carbocycles. The lowest BCUT2D eigenvalue weighted by atomic mass is 9.96. The molecule has 6 nitrogen and oxygen atoms in total. The molecule has 142 valence electrons. The van der Waals surface area contributed by atoms with Crippen LogP contribution in [-0.2, 0) is 4.79 Å². The van der Waals surface area contributed by atoms with E-state index in [-0.39, 0.29) is 11.8 Å². The summed E-state index contributed by atoms with van der Waals surface area (Å²) in [5.74, 6) is 1.52. The molecule has 1 aliphatic heterocycles. The predicted molar refractivity (Wildman–Crippen MR) is 110 cm³/mol. The van der Waals surface area contributed by atoms with Gasteiger partial charge in [0.25, 0.3) is 0 Å². The summed E-state index contributed by atoms with van der Waals surface area (Å²) in [4.78, 5) is 18.9. The van der Waals surface area contributed by atoms with E-state index in [1.165, 1.54) is 0 Å². The molecule has 1 N–H and O–H groups in total. The minimum atomic E-state index is -0.00452. The van der Waals surface area contributed by atoms with Crippen molar-refractivity contribution in [2.75, 3.05) is 23.3 Å². The second-order valence-electron chi connectivity index (χ2n) is 7.11. The topological polar surface area (TPSA) is 71.0 Å². The van der Waals surface area contributed by atoms with E-state index in [9.17, 15) is 4.79 Å². The van der Waals surface area contributed by atoms with Gasteiger partial charge in [-0.3, -0.25) is 4.79 Å². The first kappa shape index (κ1) is 18.1. The maximum absolute atomic E-state index is 12.5. The summed E-state index contributed by atoms with van der Waals surface area (Å²) >= 11 is 0. The molecule has 1 amide bonds. The normalized spacial score (nSPS) is 14.7. The number of rotatable bonds is 4. The highest BCUT2D eigenvalue weighted by atomic mass is 16.1. The van der Waals surface area contributed by atoms with Gasteiger partial charge in [-0.25, -0.2) is 4.98 Å². The van der Waals surface area contributed by atoms with Crippen LogP contribution in [0.25, 0.3) is 11.3 Å². The number of anilines is 2. The van der Waals surface area contributed by atoms with Crippen LogP contribution < -0.4 is 10.2 Å². The number of hydrogen-bond donors (Lipinski definition) is 1. The average molecular weight is 373 g/mol. The molecule has 0 atom stereocenters. The third-order valence-electron chi connectivity index (χ3n) is 5.08. The van der Waals surface area contributed by atoms with Crippen LogP contribution in [0, 0.1) is 12.8 Å². The van der Waals surface area contributed by atoms with Crippen molar-refractivity contribution in [3.8, 4) is 11.3 Å². The van der Waals surface area contributed by atoms with Crippen molar-refractivity contribution >= 4 is 17.5 Å². The van der Waals surface area contributed by atoms with Crippen molar-refractivity contribution in [3.05, 3.63) is 66.4 Å². The van der Waals surface area contributed by atoms with Gasteiger partial charge in [-0.15, -0.1) is 10.2 Å². The predicted octanol–water partition coefficient (Wildman–Crippen LogP) is 3.70. The molecule has 0 radical (unpaired) electrons. The lowest BCUT2D eigenvalue weighted by Crippen LogP contribution is -2.38. The van der Waals surface area contributed by atoms with Crippen LogP contribution in [0.2, 0.25) is 0 Å². The van der Waals surface area contributed by atoms with Crippen molar-refractivity contribution in [3.63, 3.8) is 0 Å². The summed E-state index contributed by atoms with van der Waals surface area (Å²) in [7, 11) is 0. The van der Waals surface area contributed by atoms with Crippen LogP contribution in [0.5, 0.6) is 0 Å². The van der Waals surface area contributed by atoms with Crippen LogP contribution in [0.15, 0.2) is 60.8 Å². The van der Waals surface area contributed by atoms with Gasteiger partial charge in [-0.2, -0.15) is 0 Å². The number of aryl methyl sites for hydroxylation is 1. The molecule has 1 aromatic carbocycles. The number of nitrogens with one attached hydrogen (secondary N) is 1. The lowest BCUT2D eigenvalue weighted by Gasteiger charge is -2.31. The van der Waals surface area contributed by atoms with Gasteiger partial charge in [0.15, 0.2) is 5.82 Å². The van der Waals surface area contributed by atoms with Crippen LogP contribution in [0.1, 0.15) is 18.4 Å². The Hall–Kier alpha value is -3.28. The van der Waals surface area contributed by atoms with Gasteiger partial charge in [0.2, 0.25) is 5.91 Å². The molecule has 28 heavy (non-hydrogen) atoms. The Balaban J connectivity index is 1.34. The fraction of sp³-hybridized carbons (Fsp3) is 0.273. The second kappa shape index (κ2) is 8.17. The number of benzene rings is 1. The minimum absolute atomic E-state index is 0.00452. The number of amides is 1. The van der Waals surface area contributed by atoms with Gasteiger partial charge < -0.3 is 10.2 Å². The quantitative estimate of drug-likeness (QED) is 0.755. The van der Waals surface area contributed by atoms with Crippen molar-refractivity contribution in [2.45, 2.75) is 19.8 Å². The molecule has 3 aromatic rings. The summed E-state index contributed by atoms with van der Waals surface area (Å²) in [6.45, 7) is 3.57. The molecule has 6 heteroatoms. The van der Waals surface area contributed by atoms with Crippen LogP contribution in [-0.4, -0.2) is 34.2 Å². The zero-order valence-corrected chi connectivity index (χ0v) is 15.9. The maximum Gasteiger partial charge on any atom is 0.228 e. The van der Waals surface area contributed by atoms with E-state index in [2.05, 4.69) is 25.4 Å². The number of carbonyl (C=O) groups excluding carboxylic acids is 1. The van der Waals surface area contributed by atoms with Gasteiger partial charge >= 0.3 is 0 Å². The van der Waals surface area contributed by atoms with E-state index < -0.39 is 0 Å². The monoisotopic (exact) mass is 373 g/mol. The van der Waals surface area contributed by atoms with Crippen molar-refractivity contribution < 1.29 is 4.79 Å². The van der Waals surface area contributed by atoms with Gasteiger partial charge in [0.1, 0.15) is 5.82 Å². The molecule has 3 heterocycles. The molecular weight excluding hydrogens is 350 g/mol. The molecule has 1 aliphatic rings. The molecule has 0 saturated carbocycles. The van der Waals surface area contributed by atoms with E-state index in [1.54, 1.807) is 6.20 Å². The van der Waals surface area contributed by atoms with Crippen LogP contribution in [0.4, 0.5) is 11.6 Å². The Bertz CT molecular complexity index is 935. The van der Waals surface area contributed by atoms with E-state index >= 15 is 0 Å². The largest absolute Gasteiger partial charge is 0.355 e. The Labute approximate surface area is 164 Å². The maximum atomic E-state index is 12.5. The summed E-state index contributed by atoms with van der Waals surface area (Å²) < 4.78 is 0. The second-order valence-corrected chi connectivity index (χ2v) is 7.11. The third-order valence-corrected chi connectivity index (χ3v) is 5.08. The highest BCUT2D eigenvalue weighted by molar-refractivity contribution is 5.91. The number of aromatic nitrogens is 3. The third kappa shape index (κ3) is 4.17. The highest BCUT2D eigenvalue weighted by Crippen LogP contribution is 2.24. The summed E-state index contributed by atoms with van der Waals surface area (Å²) in [5.41, 5.74) is 3.00. The van der Waals surface area contributed by atoms with Crippen molar-refractivity contribution in [1.29, 1.82) is 0 Å². The zero-order valence-electron chi connectivity index (χ0n) is 15.9. The fourth-order valence-corrected chi connectivity index (χ4v) is 3.46. The van der Waals surface area contributed by atoms with Crippen molar-refractivity contribution in [1.82, 2.24) is 15.2 Å². The van der Waals surface area contributed by atoms with E-state index in [4.69, 9.17) is 0 Å². The number of hydrogen-bond acceptors (Lipinski definition) is 5.